The highest BCUT2D eigenvalue weighted by Gasteiger charge is 2.34. The lowest BCUT2D eigenvalue weighted by atomic mass is 10.1. The molecule has 2 unspecified atom stereocenters. The Morgan fingerprint density at radius 2 is 2.10 bits per heavy atom. The zero-order chi connectivity index (χ0) is 13.4. The van der Waals surface area contributed by atoms with E-state index in [9.17, 15) is 0 Å². The zero-order valence-corrected chi connectivity index (χ0v) is 12.1. The summed E-state index contributed by atoms with van der Waals surface area (Å²) in [5, 5.41) is 3.77. The van der Waals surface area contributed by atoms with Crippen molar-refractivity contribution in [3.8, 4) is 0 Å². The second-order valence-corrected chi connectivity index (χ2v) is 6.49. The molecular formula is C17H24N2O. The van der Waals surface area contributed by atoms with Crippen LogP contribution in [0.4, 0.5) is 5.69 Å². The molecule has 1 aliphatic carbocycles. The maximum absolute atomic E-state index is 5.86. The Hall–Kier alpha value is -1.06. The van der Waals surface area contributed by atoms with E-state index < -0.39 is 0 Å². The Kier molecular flexibility index (Phi) is 3.41. The molecule has 2 fully saturated rings. The van der Waals surface area contributed by atoms with E-state index in [4.69, 9.17) is 4.74 Å². The summed E-state index contributed by atoms with van der Waals surface area (Å²) >= 11 is 0. The van der Waals surface area contributed by atoms with E-state index in [0.29, 0.717) is 12.1 Å². The molecule has 3 aliphatic rings. The summed E-state index contributed by atoms with van der Waals surface area (Å²) in [6.45, 7) is 4.16. The van der Waals surface area contributed by atoms with Crippen molar-refractivity contribution in [3.63, 3.8) is 0 Å². The standard InChI is InChI=1S/C17H24N2O/c1-2-6-17-14(4-1)10-18-16(13-7-8-13)12-19(17)11-15-5-3-9-20-15/h1-2,4,6,13,15-16,18H,3,5,7-12H2. The molecule has 0 spiro atoms. The van der Waals surface area contributed by atoms with Crippen LogP contribution in [0.1, 0.15) is 31.2 Å². The van der Waals surface area contributed by atoms with Crippen molar-refractivity contribution in [2.75, 3.05) is 24.6 Å². The fourth-order valence-corrected chi connectivity index (χ4v) is 3.63. The Labute approximate surface area is 121 Å². The third-order valence-corrected chi connectivity index (χ3v) is 4.94. The van der Waals surface area contributed by atoms with Gasteiger partial charge in [0, 0.05) is 38.0 Å². The number of fused-ring (bicyclic) bond motifs is 1. The normalized spacial score (nSPS) is 30.1. The molecule has 3 heteroatoms. The van der Waals surface area contributed by atoms with E-state index in [1.54, 1.807) is 0 Å². The molecule has 108 valence electrons. The van der Waals surface area contributed by atoms with Gasteiger partial charge in [-0.1, -0.05) is 18.2 Å². The van der Waals surface area contributed by atoms with Gasteiger partial charge in [0.1, 0.15) is 0 Å². The van der Waals surface area contributed by atoms with Gasteiger partial charge in [0.2, 0.25) is 0 Å². The van der Waals surface area contributed by atoms with E-state index in [0.717, 1.165) is 32.2 Å². The van der Waals surface area contributed by atoms with Gasteiger partial charge in [-0.15, -0.1) is 0 Å². The van der Waals surface area contributed by atoms with Crippen LogP contribution in [0, 0.1) is 5.92 Å². The minimum Gasteiger partial charge on any atom is -0.376 e. The van der Waals surface area contributed by atoms with Gasteiger partial charge in [-0.25, -0.2) is 0 Å². The van der Waals surface area contributed by atoms with E-state index in [1.807, 2.05) is 0 Å². The third-order valence-electron chi connectivity index (χ3n) is 4.94. The first-order chi connectivity index (χ1) is 9.90. The molecule has 1 N–H and O–H groups in total. The first kappa shape index (κ1) is 12.7. The molecule has 2 aliphatic heterocycles. The number of anilines is 1. The van der Waals surface area contributed by atoms with Crippen LogP contribution in [0.2, 0.25) is 0 Å². The molecular weight excluding hydrogens is 248 g/mol. The molecule has 2 heterocycles. The quantitative estimate of drug-likeness (QED) is 0.915. The molecule has 0 radical (unpaired) electrons. The van der Waals surface area contributed by atoms with Crippen LogP contribution in [-0.2, 0) is 11.3 Å². The number of benzene rings is 1. The van der Waals surface area contributed by atoms with Gasteiger partial charge in [-0.2, -0.15) is 0 Å². The number of rotatable bonds is 3. The summed E-state index contributed by atoms with van der Waals surface area (Å²) in [7, 11) is 0. The van der Waals surface area contributed by atoms with E-state index >= 15 is 0 Å². The summed E-state index contributed by atoms with van der Waals surface area (Å²) in [5.74, 6) is 0.899. The molecule has 3 nitrogen and oxygen atoms in total. The molecule has 0 amide bonds. The van der Waals surface area contributed by atoms with Gasteiger partial charge in [0.25, 0.3) is 0 Å². The van der Waals surface area contributed by atoms with Crippen molar-refractivity contribution in [2.24, 2.45) is 5.92 Å². The summed E-state index contributed by atoms with van der Waals surface area (Å²) < 4.78 is 5.86. The Morgan fingerprint density at radius 3 is 2.90 bits per heavy atom. The van der Waals surface area contributed by atoms with Gasteiger partial charge in [-0.05, 0) is 43.2 Å². The Bertz CT molecular complexity index is 466. The van der Waals surface area contributed by atoms with Crippen molar-refractivity contribution in [1.29, 1.82) is 0 Å². The predicted molar refractivity (Wildman–Crippen MR) is 81.0 cm³/mol. The second-order valence-electron chi connectivity index (χ2n) is 6.49. The maximum atomic E-state index is 5.86. The fourth-order valence-electron chi connectivity index (χ4n) is 3.63. The Morgan fingerprint density at radius 1 is 1.20 bits per heavy atom. The molecule has 1 aromatic rings. The lowest BCUT2D eigenvalue weighted by Gasteiger charge is -2.30. The lowest BCUT2D eigenvalue weighted by molar-refractivity contribution is 0.115. The fraction of sp³-hybridized carbons (Fsp3) is 0.647. The van der Waals surface area contributed by atoms with Crippen LogP contribution in [0.25, 0.3) is 0 Å². The minimum absolute atomic E-state index is 0.431. The van der Waals surface area contributed by atoms with Gasteiger partial charge in [-0.3, -0.25) is 0 Å². The summed E-state index contributed by atoms with van der Waals surface area (Å²) in [4.78, 5) is 2.58. The zero-order valence-electron chi connectivity index (χ0n) is 12.1. The average Bonchev–Trinajstić information content (AvgIpc) is 3.22. The van der Waals surface area contributed by atoms with Crippen LogP contribution in [0.15, 0.2) is 24.3 Å². The molecule has 1 aromatic carbocycles. The van der Waals surface area contributed by atoms with Crippen molar-refractivity contribution in [2.45, 2.75) is 44.4 Å². The van der Waals surface area contributed by atoms with Gasteiger partial charge < -0.3 is 15.0 Å². The molecule has 2 atom stereocenters. The van der Waals surface area contributed by atoms with Crippen molar-refractivity contribution in [3.05, 3.63) is 29.8 Å². The number of hydrogen-bond acceptors (Lipinski definition) is 3. The van der Waals surface area contributed by atoms with E-state index in [2.05, 4.69) is 34.5 Å². The van der Waals surface area contributed by atoms with E-state index in [-0.39, 0.29) is 0 Å². The average molecular weight is 272 g/mol. The largest absolute Gasteiger partial charge is 0.376 e. The SMILES string of the molecule is c1ccc2c(c1)CNC(C1CC1)CN2CC1CCCO1. The first-order valence-corrected chi connectivity index (χ1v) is 8.08. The maximum Gasteiger partial charge on any atom is 0.0750 e. The summed E-state index contributed by atoms with van der Waals surface area (Å²) in [6, 6.07) is 9.52. The molecule has 1 saturated carbocycles. The highest BCUT2D eigenvalue weighted by molar-refractivity contribution is 5.54. The topological polar surface area (TPSA) is 24.5 Å². The minimum atomic E-state index is 0.431. The second kappa shape index (κ2) is 5.38. The monoisotopic (exact) mass is 272 g/mol. The summed E-state index contributed by atoms with van der Waals surface area (Å²) in [6.07, 6.45) is 5.69. The van der Waals surface area contributed by atoms with Crippen LogP contribution in [-0.4, -0.2) is 31.8 Å². The smallest absolute Gasteiger partial charge is 0.0750 e. The van der Waals surface area contributed by atoms with Gasteiger partial charge in [0.15, 0.2) is 0 Å². The van der Waals surface area contributed by atoms with Crippen LogP contribution < -0.4 is 10.2 Å². The first-order valence-electron chi connectivity index (χ1n) is 8.08. The molecule has 0 bridgehead atoms. The highest BCUT2D eigenvalue weighted by atomic mass is 16.5. The van der Waals surface area contributed by atoms with Crippen LogP contribution >= 0.6 is 0 Å². The van der Waals surface area contributed by atoms with Crippen molar-refractivity contribution >= 4 is 5.69 Å². The van der Waals surface area contributed by atoms with E-state index in [1.165, 1.54) is 36.9 Å². The molecule has 0 aromatic heterocycles. The lowest BCUT2D eigenvalue weighted by Crippen LogP contribution is -2.42. The molecule has 4 rings (SSSR count). The number of nitrogens with zero attached hydrogens (tertiary/aromatic N) is 1. The predicted octanol–water partition coefficient (Wildman–Crippen LogP) is 2.55. The molecule has 20 heavy (non-hydrogen) atoms. The number of hydrogen-bond donors (Lipinski definition) is 1. The van der Waals surface area contributed by atoms with Crippen molar-refractivity contribution < 1.29 is 4.74 Å². The number of ether oxygens (including phenoxy) is 1. The Balaban J connectivity index is 1.57. The highest BCUT2D eigenvalue weighted by Crippen LogP contribution is 2.36. The number of nitrogens with one attached hydrogen (secondary N) is 1. The van der Waals surface area contributed by atoms with Crippen molar-refractivity contribution in [1.82, 2.24) is 5.32 Å². The third kappa shape index (κ3) is 2.57. The van der Waals surface area contributed by atoms with Gasteiger partial charge >= 0.3 is 0 Å². The van der Waals surface area contributed by atoms with Crippen LogP contribution in [0.3, 0.4) is 0 Å². The van der Waals surface area contributed by atoms with Crippen LogP contribution in [0.5, 0.6) is 0 Å². The molecule has 1 saturated heterocycles. The van der Waals surface area contributed by atoms with Gasteiger partial charge in [0.05, 0.1) is 6.10 Å². The summed E-state index contributed by atoms with van der Waals surface area (Å²) in [5.41, 5.74) is 2.85. The number of para-hydroxylation sites is 1.